The summed E-state index contributed by atoms with van der Waals surface area (Å²) in [7, 11) is 0. The molecule has 0 saturated carbocycles. The Bertz CT molecular complexity index is 686. The summed E-state index contributed by atoms with van der Waals surface area (Å²) in [5.41, 5.74) is 2.64. The highest BCUT2D eigenvalue weighted by molar-refractivity contribution is 5.80. The molecule has 3 saturated heterocycles. The first kappa shape index (κ1) is 21.6. The monoisotopic (exact) mass is 415 g/mol. The molecular formula is C23H37N5O2. The van der Waals surface area contributed by atoms with E-state index in [0.717, 1.165) is 91.3 Å². The summed E-state index contributed by atoms with van der Waals surface area (Å²) in [6, 6.07) is 9.51. The van der Waals surface area contributed by atoms with Crippen LogP contribution in [0.3, 0.4) is 0 Å². The number of nitrogens with zero attached hydrogens (tertiary/aromatic N) is 4. The van der Waals surface area contributed by atoms with E-state index in [1.165, 1.54) is 17.5 Å². The maximum absolute atomic E-state index is 5.52. The van der Waals surface area contributed by atoms with Gasteiger partial charge in [-0.05, 0) is 24.5 Å². The maximum Gasteiger partial charge on any atom is 0.194 e. The zero-order chi connectivity index (χ0) is 20.6. The van der Waals surface area contributed by atoms with Crippen molar-refractivity contribution >= 4 is 5.96 Å². The summed E-state index contributed by atoms with van der Waals surface area (Å²) >= 11 is 0. The van der Waals surface area contributed by atoms with Gasteiger partial charge in [-0.15, -0.1) is 0 Å². The van der Waals surface area contributed by atoms with Gasteiger partial charge in [0.2, 0.25) is 0 Å². The van der Waals surface area contributed by atoms with E-state index in [0.29, 0.717) is 6.04 Å². The van der Waals surface area contributed by atoms with Gasteiger partial charge in [0.1, 0.15) is 0 Å². The Hall–Kier alpha value is -1.67. The predicted octanol–water partition coefficient (Wildman–Crippen LogP) is 1.39. The topological polar surface area (TPSA) is 52.6 Å². The molecule has 3 aliphatic rings. The molecule has 1 aromatic carbocycles. The second-order valence-electron chi connectivity index (χ2n) is 8.42. The van der Waals surface area contributed by atoms with E-state index < -0.39 is 0 Å². The van der Waals surface area contributed by atoms with E-state index in [2.05, 4.69) is 51.2 Å². The fourth-order valence-electron chi connectivity index (χ4n) is 4.61. The Morgan fingerprint density at radius 2 is 1.77 bits per heavy atom. The molecule has 1 atom stereocenters. The minimum Gasteiger partial charge on any atom is -0.379 e. The van der Waals surface area contributed by atoms with Crippen molar-refractivity contribution in [3.8, 4) is 0 Å². The van der Waals surface area contributed by atoms with Crippen molar-refractivity contribution in [1.29, 1.82) is 0 Å². The molecule has 3 heterocycles. The Morgan fingerprint density at radius 1 is 1.03 bits per heavy atom. The molecule has 1 unspecified atom stereocenters. The van der Waals surface area contributed by atoms with Gasteiger partial charge in [0.15, 0.2) is 5.96 Å². The summed E-state index contributed by atoms with van der Waals surface area (Å²) in [6.45, 7) is 14.5. The van der Waals surface area contributed by atoms with E-state index in [1.54, 1.807) is 0 Å². The van der Waals surface area contributed by atoms with Crippen LogP contribution in [0.1, 0.15) is 24.5 Å². The summed E-state index contributed by atoms with van der Waals surface area (Å²) in [5, 5.41) is 3.51. The van der Waals surface area contributed by atoms with Gasteiger partial charge in [0.25, 0.3) is 0 Å². The summed E-state index contributed by atoms with van der Waals surface area (Å²) < 4.78 is 11.0. The van der Waals surface area contributed by atoms with Crippen LogP contribution < -0.4 is 5.32 Å². The number of guanidine groups is 1. The molecule has 3 fully saturated rings. The van der Waals surface area contributed by atoms with Crippen LogP contribution in [0.2, 0.25) is 0 Å². The van der Waals surface area contributed by atoms with Crippen LogP contribution in [0.5, 0.6) is 0 Å². The average molecular weight is 416 g/mol. The fourth-order valence-corrected chi connectivity index (χ4v) is 4.61. The number of benzene rings is 1. The SMILES string of the molecule is CCNC(=NCc1cccc(CN2CCOCC2)c1)N1CCC(N2CCOCC2)C1. The van der Waals surface area contributed by atoms with E-state index >= 15 is 0 Å². The minimum absolute atomic E-state index is 0.620. The second-order valence-corrected chi connectivity index (χ2v) is 8.42. The van der Waals surface area contributed by atoms with Gasteiger partial charge in [-0.25, -0.2) is 4.99 Å². The van der Waals surface area contributed by atoms with Gasteiger partial charge in [-0.2, -0.15) is 0 Å². The van der Waals surface area contributed by atoms with Crippen LogP contribution in [-0.4, -0.2) is 98.9 Å². The first-order chi connectivity index (χ1) is 14.8. The third-order valence-electron chi connectivity index (χ3n) is 6.27. The lowest BCUT2D eigenvalue weighted by atomic mass is 10.1. The molecule has 0 spiro atoms. The smallest absolute Gasteiger partial charge is 0.194 e. The highest BCUT2D eigenvalue weighted by Gasteiger charge is 2.30. The van der Waals surface area contributed by atoms with Crippen molar-refractivity contribution in [3.05, 3.63) is 35.4 Å². The molecule has 7 nitrogen and oxygen atoms in total. The number of hydrogen-bond acceptors (Lipinski definition) is 5. The quantitative estimate of drug-likeness (QED) is 0.560. The van der Waals surface area contributed by atoms with Gasteiger partial charge >= 0.3 is 0 Å². The third kappa shape index (κ3) is 5.94. The van der Waals surface area contributed by atoms with Crippen LogP contribution in [0, 0.1) is 0 Å². The molecule has 3 aliphatic heterocycles. The van der Waals surface area contributed by atoms with Gasteiger partial charge in [0, 0.05) is 58.4 Å². The first-order valence-electron chi connectivity index (χ1n) is 11.5. The van der Waals surface area contributed by atoms with Gasteiger partial charge in [0.05, 0.1) is 33.0 Å². The molecule has 0 bridgehead atoms. The lowest BCUT2D eigenvalue weighted by Crippen LogP contribution is -2.46. The number of aliphatic imine (C=N–C) groups is 1. The molecule has 0 aromatic heterocycles. The van der Waals surface area contributed by atoms with E-state index in [-0.39, 0.29) is 0 Å². The third-order valence-corrected chi connectivity index (χ3v) is 6.27. The Labute approximate surface area is 181 Å². The van der Waals surface area contributed by atoms with Crippen LogP contribution in [0.4, 0.5) is 0 Å². The highest BCUT2D eigenvalue weighted by Crippen LogP contribution is 2.18. The molecule has 0 radical (unpaired) electrons. The Balaban J connectivity index is 1.35. The molecular weight excluding hydrogens is 378 g/mol. The van der Waals surface area contributed by atoms with Crippen molar-refractivity contribution in [2.75, 3.05) is 72.2 Å². The first-order valence-corrected chi connectivity index (χ1v) is 11.5. The lowest BCUT2D eigenvalue weighted by molar-refractivity contribution is 0.0195. The highest BCUT2D eigenvalue weighted by atomic mass is 16.5. The van der Waals surface area contributed by atoms with Crippen LogP contribution in [0.15, 0.2) is 29.3 Å². The number of nitrogens with one attached hydrogen (secondary N) is 1. The molecule has 7 heteroatoms. The van der Waals surface area contributed by atoms with Crippen molar-refractivity contribution in [2.24, 2.45) is 4.99 Å². The van der Waals surface area contributed by atoms with Crippen LogP contribution >= 0.6 is 0 Å². The van der Waals surface area contributed by atoms with Crippen LogP contribution in [-0.2, 0) is 22.6 Å². The van der Waals surface area contributed by atoms with Gasteiger partial charge in [-0.3, -0.25) is 9.80 Å². The number of hydrogen-bond donors (Lipinski definition) is 1. The lowest BCUT2D eigenvalue weighted by Gasteiger charge is -2.32. The Kier molecular flexibility index (Phi) is 7.97. The zero-order valence-electron chi connectivity index (χ0n) is 18.4. The molecule has 1 N–H and O–H groups in total. The molecule has 30 heavy (non-hydrogen) atoms. The van der Waals surface area contributed by atoms with Gasteiger partial charge in [-0.1, -0.05) is 24.3 Å². The second kappa shape index (κ2) is 11.1. The van der Waals surface area contributed by atoms with E-state index in [4.69, 9.17) is 14.5 Å². The van der Waals surface area contributed by atoms with Gasteiger partial charge < -0.3 is 19.7 Å². The van der Waals surface area contributed by atoms with E-state index in [9.17, 15) is 0 Å². The maximum atomic E-state index is 5.52. The zero-order valence-corrected chi connectivity index (χ0v) is 18.4. The summed E-state index contributed by atoms with van der Waals surface area (Å²) in [6.07, 6.45) is 1.21. The standard InChI is InChI=1S/C23H37N5O2/c1-2-24-23(28-7-6-22(19-28)27-10-14-30-15-11-27)25-17-20-4-3-5-21(16-20)18-26-8-12-29-13-9-26/h3-5,16,22H,2,6-15,17-19H2,1H3,(H,24,25). The van der Waals surface area contributed by atoms with Crippen molar-refractivity contribution in [3.63, 3.8) is 0 Å². The molecule has 166 valence electrons. The van der Waals surface area contributed by atoms with E-state index in [1.807, 2.05) is 0 Å². The number of ether oxygens (including phenoxy) is 2. The summed E-state index contributed by atoms with van der Waals surface area (Å²) in [4.78, 5) is 12.5. The van der Waals surface area contributed by atoms with Crippen LogP contribution in [0.25, 0.3) is 0 Å². The summed E-state index contributed by atoms with van der Waals surface area (Å²) in [5.74, 6) is 1.05. The molecule has 1 aromatic rings. The molecule has 0 amide bonds. The number of rotatable bonds is 6. The largest absolute Gasteiger partial charge is 0.379 e. The molecule has 0 aliphatic carbocycles. The average Bonchev–Trinajstić information content (AvgIpc) is 3.28. The number of morpholine rings is 2. The Morgan fingerprint density at radius 3 is 2.53 bits per heavy atom. The fraction of sp³-hybridized carbons (Fsp3) is 0.696. The number of likely N-dealkylation sites (tertiary alicyclic amines) is 1. The van der Waals surface area contributed by atoms with Crippen molar-refractivity contribution in [1.82, 2.24) is 20.0 Å². The predicted molar refractivity (Wildman–Crippen MR) is 120 cm³/mol. The minimum atomic E-state index is 0.620. The molecule has 4 rings (SSSR count). The van der Waals surface area contributed by atoms with Crippen molar-refractivity contribution < 1.29 is 9.47 Å². The normalized spacial score (nSPS) is 24.4. The van der Waals surface area contributed by atoms with Crippen molar-refractivity contribution in [2.45, 2.75) is 32.5 Å².